The van der Waals surface area contributed by atoms with Crippen molar-refractivity contribution in [2.75, 3.05) is 55.5 Å². The number of aromatic nitrogens is 10. The number of amides is 6. The number of anilines is 2. The van der Waals surface area contributed by atoms with E-state index in [0.717, 1.165) is 71.2 Å². The monoisotopic (exact) mass is 1620 g/mol. The van der Waals surface area contributed by atoms with Gasteiger partial charge in [-0.15, -0.1) is 35.9 Å². The molecule has 4 aliphatic heterocycles. The van der Waals surface area contributed by atoms with E-state index in [1.165, 1.54) is 28.4 Å². The quantitative estimate of drug-likeness (QED) is 0.00545. The molecule has 0 spiro atoms. The van der Waals surface area contributed by atoms with Gasteiger partial charge in [-0.2, -0.15) is 18.7 Å². The first-order valence-electron chi connectivity index (χ1n) is 31.2. The first-order valence-corrected chi connectivity index (χ1v) is 36.6. The van der Waals surface area contributed by atoms with E-state index in [4.69, 9.17) is 42.7 Å². The largest absolute Gasteiger partial charge is 1.00 e. The SMILES string of the molecule is CCO/N=C(\C(=O)NC1C(=O)N2C(C(=O)[O-])=C(C[n+]3cccc4c3ncn4CCCCN)CSC12)c1nsc(N)n1.Cl.[B]P(C)OC(=O)C1=C(C[n+]2cccc3c2ncn3CCCCNC(=O)OC(C)(C)C)CSC2C(NC(=O)/C(=N\OCC)c3nsc(NC(=O)OC(C)(C)C)n3)C(=O)N12.[I-]. The molecule has 542 valence electrons. The molecule has 5 unspecified atom stereocenters. The lowest BCUT2D eigenvalue weighted by Gasteiger charge is -2.50. The third-order valence-electron chi connectivity index (χ3n) is 14.6. The number of nitrogens with zero attached hydrogens (tertiary/aromatic N) is 14. The van der Waals surface area contributed by atoms with Crippen molar-refractivity contribution >= 4 is 166 Å². The molecule has 6 aromatic rings. The number of carboxylic acid groups (broad SMARTS) is 1. The number of imidazole rings is 2. The molecule has 2 fully saturated rings. The van der Waals surface area contributed by atoms with Crippen LogP contribution in [0.15, 0.2) is 82.2 Å². The predicted octanol–water partition coefficient (Wildman–Crippen LogP) is -0.658. The lowest BCUT2D eigenvalue weighted by molar-refractivity contribution is -0.665. The van der Waals surface area contributed by atoms with Crippen LogP contribution in [0.25, 0.3) is 22.3 Å². The maximum atomic E-state index is 13.8. The van der Waals surface area contributed by atoms with Gasteiger partial charge in [0.15, 0.2) is 12.7 Å². The number of hydrogen-bond acceptors (Lipinski definition) is 28. The number of nitrogens with one attached hydrogen (secondary N) is 4. The van der Waals surface area contributed by atoms with E-state index in [0.29, 0.717) is 53.6 Å². The summed E-state index contributed by atoms with van der Waals surface area (Å²) in [6.45, 7) is 18.7. The Morgan fingerprint density at radius 3 is 1.69 bits per heavy atom. The van der Waals surface area contributed by atoms with E-state index in [2.05, 4.69) is 60.3 Å². The highest BCUT2D eigenvalue weighted by atomic mass is 127. The predicted molar refractivity (Wildman–Crippen MR) is 373 cm³/mol. The Bertz CT molecular complexity index is 4180. The van der Waals surface area contributed by atoms with E-state index in [9.17, 15) is 43.5 Å². The highest BCUT2D eigenvalue weighted by Gasteiger charge is 2.56. The molecule has 10 heterocycles. The van der Waals surface area contributed by atoms with Gasteiger partial charge >= 0.3 is 29.5 Å². The molecule has 34 nitrogen and oxygen atoms in total. The Kier molecular flexibility index (Phi) is 28.5. The number of thioether (sulfide) groups is 2. The Morgan fingerprint density at radius 2 is 1.22 bits per heavy atom. The maximum absolute atomic E-state index is 13.8. The molecule has 6 aromatic heterocycles. The molecular weight excluding hydrogens is 1550 g/mol. The molecule has 42 heteroatoms. The maximum Gasteiger partial charge on any atom is 0.414 e. The highest BCUT2D eigenvalue weighted by Crippen LogP contribution is 2.43. The van der Waals surface area contributed by atoms with Crippen molar-refractivity contribution in [3.05, 3.63) is 83.5 Å². The average molecular weight is 1620 g/mol. The third-order valence-corrected chi connectivity index (χ3v) is 18.9. The summed E-state index contributed by atoms with van der Waals surface area (Å²) in [6, 6.07) is 5.61. The number of carboxylic acids is 1. The van der Waals surface area contributed by atoms with Gasteiger partial charge in [-0.3, -0.25) is 34.3 Å². The van der Waals surface area contributed by atoms with Crippen LogP contribution >= 0.6 is 67.0 Å². The molecule has 2 saturated heterocycles. The van der Waals surface area contributed by atoms with Gasteiger partial charge in [-0.25, -0.2) is 23.5 Å². The first kappa shape index (κ1) is 80.4. The number of alkyl carbamates (subject to hydrolysis) is 1. The fourth-order valence-corrected chi connectivity index (χ4v) is 14.4. The van der Waals surface area contributed by atoms with Gasteiger partial charge in [-0.05, 0) is 129 Å². The fraction of sp³-hybridized carbons (Fsp3) is 0.492. The van der Waals surface area contributed by atoms with Crippen LogP contribution < -0.4 is 71.0 Å². The Morgan fingerprint density at radius 1 is 0.733 bits per heavy atom. The first-order chi connectivity index (χ1) is 47.2. The number of aliphatic carboxylic acids is 1. The number of pyridine rings is 2. The number of carbonyl (C=O) groups excluding carboxylic acids is 8. The standard InChI is InChI=1S/C35H46BN10O9PS2.C24H28N10O5S2.ClH.HI/c1-9-52-42-22(25-40-31(58-43-25)41-33(51)54-35(5,6)7)27(47)39-23-28(48)46-24(30(49)55-56(8)36)20(18-57-29(23)46)17-44-16-12-13-21-26(44)38-19-45(21)15-11-10-14-37-32(50)53-34(2,3)4;1-2-39-30-15(18-29-24(26)41-31-18)20(35)28-16-21(36)34-17(23(37)38)13(11-40-22(16)34)10-32-9-5-6-14-19(32)27-12-33(14)8-4-3-7-25;;/h12-13,16,19,23,29H,9-11,14-15,17-18H2,1-8H3,(H2-,37,39,40,41,43,47,50,51);5-6,9,12,16,22H,2-4,7-8,10-11,25H2,1H3,(H3-,26,28,29,31,35,37,38);2*1H/b42-22-;30-15-;;. The second kappa shape index (κ2) is 35.8. The van der Waals surface area contributed by atoms with Crippen molar-refractivity contribution in [3.63, 3.8) is 0 Å². The molecule has 0 aromatic carbocycles. The number of rotatable bonds is 27. The minimum absolute atomic E-state index is 0. The van der Waals surface area contributed by atoms with Crippen molar-refractivity contribution < 1.29 is 100 Å². The number of β-lactam (4-membered cyclic amide) rings is 2. The summed E-state index contributed by atoms with van der Waals surface area (Å²) in [5.74, 6) is -4.45. The summed E-state index contributed by atoms with van der Waals surface area (Å²) in [5.41, 5.74) is 13.5. The molecular formula is C59H76BClIN20O14PS4. The Hall–Kier alpha value is -7.89. The van der Waals surface area contributed by atoms with Crippen LogP contribution in [0.3, 0.4) is 0 Å². The van der Waals surface area contributed by atoms with E-state index in [1.54, 1.807) is 53.9 Å². The average Bonchev–Trinajstić information content (AvgIpc) is 1.51. The van der Waals surface area contributed by atoms with Crippen molar-refractivity contribution in [2.24, 2.45) is 16.0 Å². The number of hydrogen-bond donors (Lipinski definition) is 6. The van der Waals surface area contributed by atoms with Crippen LogP contribution in [0.4, 0.5) is 19.9 Å². The summed E-state index contributed by atoms with van der Waals surface area (Å²) in [7, 11) is 4.29. The number of ether oxygens (including phenoxy) is 2. The van der Waals surface area contributed by atoms with Gasteiger partial charge in [-0.1, -0.05) is 10.3 Å². The summed E-state index contributed by atoms with van der Waals surface area (Å²) >= 11 is 4.39. The number of halogens is 2. The fourth-order valence-electron chi connectivity index (χ4n) is 10.4. The van der Waals surface area contributed by atoms with Gasteiger partial charge in [0, 0.05) is 73.4 Å². The van der Waals surface area contributed by atoms with Crippen LogP contribution in [0, 0.1) is 0 Å². The molecule has 8 N–H and O–H groups in total. The van der Waals surface area contributed by atoms with Crippen molar-refractivity contribution in [2.45, 2.75) is 141 Å². The number of nitrogens with two attached hydrogens (primary N) is 2. The number of oxime groups is 2. The number of fused-ring (bicyclic) bond motifs is 4. The Labute approximate surface area is 622 Å². The summed E-state index contributed by atoms with van der Waals surface area (Å²) in [6.07, 6.45) is 9.25. The Balaban J connectivity index is 0.000000293. The van der Waals surface area contributed by atoms with Crippen LogP contribution in [-0.4, -0.2) is 193 Å². The number of aryl methyl sites for hydroxylation is 2. The van der Waals surface area contributed by atoms with Crippen molar-refractivity contribution in [1.29, 1.82) is 0 Å². The zero-order chi connectivity index (χ0) is 71.5. The minimum Gasteiger partial charge on any atom is -1.00 e. The molecule has 0 aliphatic carbocycles. The number of nitrogen functional groups attached to an aromatic ring is 1. The number of carbonyl (C=O) groups is 8. The lowest BCUT2D eigenvalue weighted by atomic mass is 10.0. The van der Waals surface area contributed by atoms with Gasteiger partial charge in [0.2, 0.25) is 40.9 Å². The van der Waals surface area contributed by atoms with Crippen LogP contribution in [0.5, 0.6) is 0 Å². The van der Waals surface area contributed by atoms with Crippen molar-refractivity contribution in [3.8, 4) is 0 Å². The summed E-state index contributed by atoms with van der Waals surface area (Å²) < 4.78 is 31.9. The molecule has 0 bridgehead atoms. The zero-order valence-corrected chi connectivity index (χ0v) is 63.5. The molecule has 10 rings (SSSR count). The zero-order valence-electron chi connectivity index (χ0n) is 56.4. The van der Waals surface area contributed by atoms with Crippen LogP contribution in [-0.2, 0) is 78.6 Å². The third kappa shape index (κ3) is 20.1. The normalized spacial score (nSPS) is 17.7. The second-order valence-electron chi connectivity index (χ2n) is 24.3. The molecule has 2 radical (unpaired) electrons. The second-order valence-corrected chi connectivity index (χ2v) is 29.3. The van der Waals surface area contributed by atoms with Crippen LogP contribution in [0.2, 0.25) is 0 Å². The molecule has 6 amide bonds. The van der Waals surface area contributed by atoms with E-state index in [-0.39, 0.29) is 107 Å². The molecule has 4 aliphatic rings. The van der Waals surface area contributed by atoms with Gasteiger partial charge in [0.25, 0.3) is 23.6 Å². The molecule has 5 atom stereocenters. The topological polar surface area (TPSA) is 432 Å². The van der Waals surface area contributed by atoms with Crippen LogP contribution in [0.1, 0.15) is 92.7 Å². The minimum atomic E-state index is -1.61. The van der Waals surface area contributed by atoms with Gasteiger partial charge in [0.1, 0.15) is 77.1 Å². The highest BCUT2D eigenvalue weighted by molar-refractivity contribution is 8.00. The van der Waals surface area contributed by atoms with Crippen molar-refractivity contribution in [1.82, 2.24) is 63.6 Å². The number of unbranched alkanes of at least 4 members (excludes halogenated alkanes) is 2. The molecule has 0 saturated carbocycles. The van der Waals surface area contributed by atoms with E-state index < -0.39 is 89.8 Å². The summed E-state index contributed by atoms with van der Waals surface area (Å²) in [5, 5.41) is 29.4. The molecule has 101 heavy (non-hydrogen) atoms. The van der Waals surface area contributed by atoms with E-state index >= 15 is 0 Å². The lowest BCUT2D eigenvalue weighted by Crippen LogP contribution is -3.00. The van der Waals surface area contributed by atoms with Gasteiger partial charge in [0.05, 0.1) is 24.1 Å². The van der Waals surface area contributed by atoms with E-state index in [1.807, 2.05) is 75.7 Å². The smallest absolute Gasteiger partial charge is 0.414 e. The van der Waals surface area contributed by atoms with Gasteiger partial charge < -0.3 is 94.1 Å². The summed E-state index contributed by atoms with van der Waals surface area (Å²) in [4.78, 5) is 134.